The zero-order valence-corrected chi connectivity index (χ0v) is 11.2. The maximum atomic E-state index is 10.4. The molecule has 1 atom stereocenters. The Hall–Kier alpha value is -2.28. The van der Waals surface area contributed by atoms with Crippen LogP contribution < -0.4 is 5.32 Å². The summed E-state index contributed by atoms with van der Waals surface area (Å²) in [6, 6.07) is 8.03. The maximum Gasteiger partial charge on any atom is 0.303 e. The van der Waals surface area contributed by atoms with Crippen molar-refractivity contribution < 1.29 is 9.90 Å². The molecule has 2 N–H and O–H groups in total. The quantitative estimate of drug-likeness (QED) is 0.737. The lowest BCUT2D eigenvalue weighted by molar-refractivity contribution is -0.137. The Kier molecular flexibility index (Phi) is 4.78. The molecular formula is C13H17N5O2. The van der Waals surface area contributed by atoms with Crippen LogP contribution in [0.25, 0.3) is 5.69 Å². The lowest BCUT2D eigenvalue weighted by Crippen LogP contribution is -2.20. The van der Waals surface area contributed by atoms with E-state index in [1.54, 1.807) is 11.0 Å². The van der Waals surface area contributed by atoms with Crippen molar-refractivity contribution in [2.45, 2.75) is 25.8 Å². The number of carbonyl (C=O) groups is 1. The molecule has 0 spiro atoms. The molecule has 1 aromatic heterocycles. The van der Waals surface area contributed by atoms with E-state index >= 15 is 0 Å². The highest BCUT2D eigenvalue weighted by molar-refractivity contribution is 5.66. The Balaban J connectivity index is 1.94. The van der Waals surface area contributed by atoms with Crippen molar-refractivity contribution in [3.05, 3.63) is 36.2 Å². The van der Waals surface area contributed by atoms with Crippen LogP contribution >= 0.6 is 0 Å². The minimum atomic E-state index is -0.764. The molecule has 2 aromatic rings. The zero-order valence-electron chi connectivity index (χ0n) is 11.2. The van der Waals surface area contributed by atoms with Gasteiger partial charge in [-0.1, -0.05) is 12.1 Å². The van der Waals surface area contributed by atoms with Crippen LogP contribution in [0.15, 0.2) is 30.6 Å². The fourth-order valence-electron chi connectivity index (χ4n) is 1.89. The van der Waals surface area contributed by atoms with Crippen LogP contribution in [0.2, 0.25) is 0 Å². The van der Waals surface area contributed by atoms with Gasteiger partial charge < -0.3 is 10.4 Å². The van der Waals surface area contributed by atoms with E-state index in [1.165, 1.54) is 0 Å². The van der Waals surface area contributed by atoms with Crippen LogP contribution in [0.4, 0.5) is 0 Å². The van der Waals surface area contributed by atoms with Gasteiger partial charge in [0.25, 0.3) is 0 Å². The van der Waals surface area contributed by atoms with Gasteiger partial charge in [-0.2, -0.15) is 0 Å². The minimum Gasteiger partial charge on any atom is -0.481 e. The van der Waals surface area contributed by atoms with Crippen molar-refractivity contribution in [2.75, 3.05) is 6.54 Å². The summed E-state index contributed by atoms with van der Waals surface area (Å²) < 4.78 is 1.60. The molecule has 0 aliphatic heterocycles. The summed E-state index contributed by atoms with van der Waals surface area (Å²) >= 11 is 0. The molecule has 0 fully saturated rings. The molecule has 0 saturated heterocycles. The van der Waals surface area contributed by atoms with E-state index in [4.69, 9.17) is 5.11 Å². The van der Waals surface area contributed by atoms with Crippen LogP contribution in [0.1, 0.15) is 31.4 Å². The predicted molar refractivity (Wildman–Crippen MR) is 72.4 cm³/mol. The molecule has 7 heteroatoms. The zero-order chi connectivity index (χ0) is 14.4. The molecule has 106 valence electrons. The average Bonchev–Trinajstić information content (AvgIpc) is 2.97. The number of tetrazole rings is 1. The first-order valence-electron chi connectivity index (χ1n) is 6.45. The minimum absolute atomic E-state index is 0.139. The molecule has 1 aromatic carbocycles. The summed E-state index contributed by atoms with van der Waals surface area (Å²) in [5, 5.41) is 23.0. The molecule has 7 nitrogen and oxygen atoms in total. The Morgan fingerprint density at radius 1 is 1.50 bits per heavy atom. The number of aliphatic carboxylic acids is 1. The number of nitrogens with zero attached hydrogens (tertiary/aromatic N) is 4. The van der Waals surface area contributed by atoms with Crippen molar-refractivity contribution in [1.82, 2.24) is 25.5 Å². The van der Waals surface area contributed by atoms with E-state index in [0.717, 1.165) is 11.3 Å². The average molecular weight is 275 g/mol. The standard InChI is InChI=1S/C13H17N5O2/c1-10(14-7-3-6-13(19)20)11-4-2-5-12(8-11)18-9-15-16-17-18/h2,4-5,8-10,14H,3,6-7H2,1H3,(H,19,20). The molecule has 1 heterocycles. The summed E-state index contributed by atoms with van der Waals surface area (Å²) in [6.07, 6.45) is 2.35. The van der Waals surface area contributed by atoms with Gasteiger partial charge in [0.05, 0.1) is 5.69 Å². The van der Waals surface area contributed by atoms with E-state index in [0.29, 0.717) is 13.0 Å². The fourth-order valence-corrected chi connectivity index (χ4v) is 1.89. The predicted octanol–water partition coefficient (Wildman–Crippen LogP) is 1.18. The third kappa shape index (κ3) is 3.86. The summed E-state index contributed by atoms with van der Waals surface area (Å²) in [6.45, 7) is 2.71. The lowest BCUT2D eigenvalue weighted by atomic mass is 10.1. The summed E-state index contributed by atoms with van der Waals surface area (Å²) in [4.78, 5) is 10.4. The second-order valence-corrected chi connectivity index (χ2v) is 4.52. The SMILES string of the molecule is CC(NCCCC(=O)O)c1cccc(-n2cnnn2)c1. The smallest absolute Gasteiger partial charge is 0.303 e. The van der Waals surface area contributed by atoms with Gasteiger partial charge in [-0.3, -0.25) is 4.79 Å². The van der Waals surface area contributed by atoms with Gasteiger partial charge in [-0.05, 0) is 48.0 Å². The van der Waals surface area contributed by atoms with Gasteiger partial charge in [-0.15, -0.1) is 5.10 Å². The Morgan fingerprint density at radius 2 is 2.35 bits per heavy atom. The first kappa shape index (κ1) is 14.1. The summed E-state index contributed by atoms with van der Waals surface area (Å²) in [7, 11) is 0. The Morgan fingerprint density at radius 3 is 3.05 bits per heavy atom. The third-order valence-electron chi connectivity index (χ3n) is 3.00. The van der Waals surface area contributed by atoms with Gasteiger partial charge in [0, 0.05) is 12.5 Å². The van der Waals surface area contributed by atoms with Gasteiger partial charge in [0.15, 0.2) is 0 Å². The number of carboxylic acid groups (broad SMARTS) is 1. The highest BCUT2D eigenvalue weighted by atomic mass is 16.4. The van der Waals surface area contributed by atoms with Crippen molar-refractivity contribution in [2.24, 2.45) is 0 Å². The lowest BCUT2D eigenvalue weighted by Gasteiger charge is -2.14. The van der Waals surface area contributed by atoms with Crippen LogP contribution in [0, 0.1) is 0 Å². The molecule has 0 aliphatic rings. The van der Waals surface area contributed by atoms with E-state index in [9.17, 15) is 4.79 Å². The summed E-state index contributed by atoms with van der Waals surface area (Å²) in [5.74, 6) is -0.764. The van der Waals surface area contributed by atoms with Crippen LogP contribution in [0.3, 0.4) is 0 Å². The molecule has 0 bridgehead atoms. The van der Waals surface area contributed by atoms with Crippen LogP contribution in [-0.2, 0) is 4.79 Å². The molecule has 2 rings (SSSR count). The molecule has 20 heavy (non-hydrogen) atoms. The topological polar surface area (TPSA) is 92.9 Å². The van der Waals surface area contributed by atoms with E-state index < -0.39 is 5.97 Å². The normalized spacial score (nSPS) is 12.2. The number of nitrogens with one attached hydrogen (secondary N) is 1. The summed E-state index contributed by atoms with van der Waals surface area (Å²) in [5.41, 5.74) is 2.00. The number of rotatable bonds is 7. The first-order valence-corrected chi connectivity index (χ1v) is 6.45. The number of aromatic nitrogens is 4. The maximum absolute atomic E-state index is 10.4. The van der Waals surface area contributed by atoms with Crippen molar-refractivity contribution in [3.63, 3.8) is 0 Å². The van der Waals surface area contributed by atoms with E-state index in [-0.39, 0.29) is 12.5 Å². The third-order valence-corrected chi connectivity index (χ3v) is 3.00. The van der Waals surface area contributed by atoms with E-state index in [2.05, 4.69) is 20.8 Å². The number of benzene rings is 1. The van der Waals surface area contributed by atoms with E-state index in [1.807, 2.05) is 31.2 Å². The van der Waals surface area contributed by atoms with Gasteiger partial charge in [-0.25, -0.2) is 4.68 Å². The largest absolute Gasteiger partial charge is 0.481 e. The highest BCUT2D eigenvalue weighted by Gasteiger charge is 2.07. The fraction of sp³-hybridized carbons (Fsp3) is 0.385. The Labute approximate surface area is 116 Å². The van der Waals surface area contributed by atoms with Crippen LogP contribution in [-0.4, -0.2) is 37.8 Å². The second kappa shape index (κ2) is 6.76. The molecule has 0 saturated carbocycles. The highest BCUT2D eigenvalue weighted by Crippen LogP contribution is 2.16. The molecule has 0 amide bonds. The van der Waals surface area contributed by atoms with Gasteiger partial charge in [0.1, 0.15) is 6.33 Å². The Bertz CT molecular complexity index is 556. The van der Waals surface area contributed by atoms with Crippen molar-refractivity contribution in [1.29, 1.82) is 0 Å². The molecular weight excluding hydrogens is 258 g/mol. The van der Waals surface area contributed by atoms with Gasteiger partial charge >= 0.3 is 5.97 Å². The van der Waals surface area contributed by atoms with Crippen molar-refractivity contribution in [3.8, 4) is 5.69 Å². The monoisotopic (exact) mass is 275 g/mol. The number of hydrogen-bond donors (Lipinski definition) is 2. The number of hydrogen-bond acceptors (Lipinski definition) is 5. The molecule has 1 unspecified atom stereocenters. The molecule has 0 radical (unpaired) electrons. The van der Waals surface area contributed by atoms with Gasteiger partial charge in [0.2, 0.25) is 0 Å². The first-order chi connectivity index (χ1) is 9.66. The van der Waals surface area contributed by atoms with Crippen LogP contribution in [0.5, 0.6) is 0 Å². The van der Waals surface area contributed by atoms with Crippen molar-refractivity contribution >= 4 is 5.97 Å². The molecule has 0 aliphatic carbocycles. The second-order valence-electron chi connectivity index (χ2n) is 4.52. The number of carboxylic acids is 1.